The molecule has 9 nitrogen and oxygen atoms in total. The average molecular weight is 617 g/mol. The molecule has 0 aliphatic carbocycles. The van der Waals surface area contributed by atoms with Crippen molar-refractivity contribution < 1.29 is 35.9 Å². The summed E-state index contributed by atoms with van der Waals surface area (Å²) in [5.74, 6) is -0.394. The molecule has 1 amide bonds. The van der Waals surface area contributed by atoms with Gasteiger partial charge in [-0.3, -0.25) is 19.9 Å². The molecule has 2 aromatic rings. The number of thiophene rings is 1. The number of esters is 1. The number of guanidine groups is 1. The van der Waals surface area contributed by atoms with Crippen LogP contribution in [0.25, 0.3) is 0 Å². The van der Waals surface area contributed by atoms with Crippen LogP contribution < -0.4 is 15.4 Å². The quantitative estimate of drug-likeness (QED) is 0.257. The van der Waals surface area contributed by atoms with Crippen molar-refractivity contribution >= 4 is 39.2 Å². The number of benzene rings is 1. The number of sulfonamides is 1. The molecule has 0 spiro atoms. The van der Waals surface area contributed by atoms with Crippen LogP contribution in [0.3, 0.4) is 0 Å². The molecule has 3 rings (SSSR count). The van der Waals surface area contributed by atoms with Gasteiger partial charge in [-0.1, -0.05) is 0 Å². The zero-order valence-corrected chi connectivity index (χ0v) is 24.8. The Balaban J connectivity index is 1.61. The lowest BCUT2D eigenvalue weighted by Gasteiger charge is -2.24. The fraction of sp³-hybridized carbons (Fsp3) is 0.519. The summed E-state index contributed by atoms with van der Waals surface area (Å²) in [6, 6.07) is 5.43. The third-order valence-electron chi connectivity index (χ3n) is 5.84. The topological polar surface area (TPSA) is 126 Å². The molecule has 14 heteroatoms. The van der Waals surface area contributed by atoms with Crippen molar-refractivity contribution in [3.63, 3.8) is 0 Å². The molecule has 0 saturated carbocycles. The molecule has 0 radical (unpaired) electrons. The molecule has 0 saturated heterocycles. The summed E-state index contributed by atoms with van der Waals surface area (Å²) in [7, 11) is -4.34. The van der Waals surface area contributed by atoms with Crippen LogP contribution >= 0.6 is 11.3 Å². The zero-order chi connectivity index (χ0) is 30.3. The van der Waals surface area contributed by atoms with Gasteiger partial charge < -0.3 is 10.1 Å². The Labute approximate surface area is 242 Å². The second kappa shape index (κ2) is 13.8. The van der Waals surface area contributed by atoms with Crippen LogP contribution in [-0.4, -0.2) is 51.0 Å². The van der Waals surface area contributed by atoms with Crippen molar-refractivity contribution in [2.24, 2.45) is 4.99 Å². The third kappa shape index (κ3) is 10.7. The zero-order valence-electron chi connectivity index (χ0n) is 23.1. The van der Waals surface area contributed by atoms with Gasteiger partial charge in [0.2, 0.25) is 15.9 Å². The van der Waals surface area contributed by atoms with Crippen LogP contribution in [0.15, 0.2) is 46.3 Å². The lowest BCUT2D eigenvalue weighted by Crippen LogP contribution is -2.45. The maximum atomic E-state index is 13.0. The summed E-state index contributed by atoms with van der Waals surface area (Å²) < 4.78 is 72.4. The third-order valence-corrected chi connectivity index (χ3v) is 8.49. The van der Waals surface area contributed by atoms with Crippen LogP contribution in [0.2, 0.25) is 0 Å². The average Bonchev–Trinajstić information content (AvgIpc) is 3.32. The van der Waals surface area contributed by atoms with Crippen LogP contribution in [0.1, 0.15) is 61.8 Å². The van der Waals surface area contributed by atoms with Crippen LogP contribution in [-0.2, 0) is 43.4 Å². The minimum absolute atomic E-state index is 0.00301. The Morgan fingerprint density at radius 1 is 1.07 bits per heavy atom. The Hall–Kier alpha value is -2.97. The van der Waals surface area contributed by atoms with Gasteiger partial charge in [-0.25, -0.2) is 8.42 Å². The number of alkyl halides is 3. The number of nitrogens with one attached hydrogen (secondary N) is 3. The molecule has 1 aromatic heterocycles. The molecular weight excluding hydrogens is 581 g/mol. The molecule has 1 aliphatic rings. The molecule has 2 heterocycles. The van der Waals surface area contributed by atoms with E-state index in [1.807, 2.05) is 6.07 Å². The molecule has 0 unspecified atom stereocenters. The maximum Gasteiger partial charge on any atom is 0.416 e. The summed E-state index contributed by atoms with van der Waals surface area (Å²) in [6.07, 6.45) is -1.21. The molecule has 41 heavy (non-hydrogen) atoms. The van der Waals surface area contributed by atoms with E-state index in [4.69, 9.17) is 4.74 Å². The summed E-state index contributed by atoms with van der Waals surface area (Å²) in [5.41, 5.74) is -1.87. The Morgan fingerprint density at radius 3 is 2.37 bits per heavy atom. The molecular formula is C27H35F3N4O5S2. The number of ether oxygens (including phenoxy) is 1. The maximum absolute atomic E-state index is 13.0. The lowest BCUT2D eigenvalue weighted by atomic mass is 10.1. The number of carbonyl (C=O) groups excluding carboxylic acids is 2. The van der Waals surface area contributed by atoms with Gasteiger partial charge in [0.05, 0.1) is 10.5 Å². The number of unbranched alkanes of at least 4 members (excludes halogenated alkanes) is 1. The fourth-order valence-electron chi connectivity index (χ4n) is 3.89. The number of aliphatic imine (C=N–C) groups is 1. The van der Waals surface area contributed by atoms with Gasteiger partial charge in [-0.2, -0.15) is 17.9 Å². The predicted molar refractivity (Wildman–Crippen MR) is 150 cm³/mol. The molecule has 0 fully saturated rings. The number of aryl methyl sites for hydroxylation is 1. The van der Waals surface area contributed by atoms with Gasteiger partial charge in [-0.05, 0) is 82.9 Å². The van der Waals surface area contributed by atoms with E-state index >= 15 is 0 Å². The summed E-state index contributed by atoms with van der Waals surface area (Å²) in [4.78, 5) is 30.6. The highest BCUT2D eigenvalue weighted by Crippen LogP contribution is 2.30. The second-order valence-corrected chi connectivity index (χ2v) is 13.5. The first-order valence-corrected chi connectivity index (χ1v) is 15.5. The van der Waals surface area contributed by atoms with Crippen LogP contribution in [0, 0.1) is 0 Å². The molecule has 1 aliphatic heterocycles. The van der Waals surface area contributed by atoms with Crippen molar-refractivity contribution in [2.45, 2.75) is 82.0 Å². The minimum Gasteiger partial charge on any atom is -0.459 e. The summed E-state index contributed by atoms with van der Waals surface area (Å²) in [5, 5.41) is 5.80. The molecule has 1 aromatic carbocycles. The Bertz CT molecular complexity index is 1330. The van der Waals surface area contributed by atoms with Gasteiger partial charge in [0, 0.05) is 35.7 Å². The van der Waals surface area contributed by atoms with Crippen molar-refractivity contribution in [1.29, 1.82) is 0 Å². The molecule has 1 atom stereocenters. The van der Waals surface area contributed by atoms with E-state index in [1.165, 1.54) is 11.3 Å². The van der Waals surface area contributed by atoms with Crippen molar-refractivity contribution in [2.75, 3.05) is 13.1 Å². The van der Waals surface area contributed by atoms with E-state index in [0.29, 0.717) is 43.9 Å². The second-order valence-electron chi connectivity index (χ2n) is 10.6. The SMILES string of the molecule is CC(C)(C)OC(=O)[C@H](Cc1ccc(CCCCC(=O)NC2=NCCCN2)s1)NS(=O)(=O)c1ccc(C(F)(F)F)cc1. The van der Waals surface area contributed by atoms with Crippen molar-refractivity contribution in [3.05, 3.63) is 51.7 Å². The highest BCUT2D eigenvalue weighted by molar-refractivity contribution is 7.89. The summed E-state index contributed by atoms with van der Waals surface area (Å²) in [6.45, 7) is 6.42. The highest BCUT2D eigenvalue weighted by Gasteiger charge is 2.33. The monoisotopic (exact) mass is 616 g/mol. The number of hydrogen-bond donors (Lipinski definition) is 3. The van der Waals surface area contributed by atoms with E-state index in [2.05, 4.69) is 20.3 Å². The number of halogens is 3. The van der Waals surface area contributed by atoms with Gasteiger partial charge >= 0.3 is 12.1 Å². The first-order chi connectivity index (χ1) is 19.1. The van der Waals surface area contributed by atoms with Gasteiger partial charge in [-0.15, -0.1) is 11.3 Å². The van der Waals surface area contributed by atoms with Crippen molar-refractivity contribution in [3.8, 4) is 0 Å². The molecule has 0 bridgehead atoms. The number of hydrogen-bond acceptors (Lipinski definition) is 8. The first kappa shape index (κ1) is 32.5. The van der Waals surface area contributed by atoms with Crippen LogP contribution in [0.5, 0.6) is 0 Å². The number of nitrogens with zero attached hydrogens (tertiary/aromatic N) is 1. The highest BCUT2D eigenvalue weighted by atomic mass is 32.2. The minimum atomic E-state index is -4.61. The Morgan fingerprint density at radius 2 is 1.76 bits per heavy atom. The van der Waals surface area contributed by atoms with E-state index in [0.717, 1.165) is 41.3 Å². The van der Waals surface area contributed by atoms with Gasteiger partial charge in [0.25, 0.3) is 0 Å². The van der Waals surface area contributed by atoms with Crippen molar-refractivity contribution in [1.82, 2.24) is 15.4 Å². The normalized spacial score (nSPS) is 15.0. The predicted octanol–water partition coefficient (Wildman–Crippen LogP) is 4.18. The number of amides is 1. The summed E-state index contributed by atoms with van der Waals surface area (Å²) >= 11 is 1.41. The van der Waals surface area contributed by atoms with E-state index in [1.54, 1.807) is 26.8 Å². The van der Waals surface area contributed by atoms with Gasteiger partial charge in [0.1, 0.15) is 11.6 Å². The van der Waals surface area contributed by atoms with E-state index < -0.39 is 44.3 Å². The molecule has 3 N–H and O–H groups in total. The largest absolute Gasteiger partial charge is 0.459 e. The fourth-order valence-corrected chi connectivity index (χ4v) is 6.18. The first-order valence-electron chi connectivity index (χ1n) is 13.2. The standard InChI is InChI=1S/C27H35F3N4O5S2/c1-26(2,3)39-24(36)22(34-41(37,38)21-13-9-18(10-14-21)27(28,29)30)17-20-12-11-19(40-20)7-4-5-8-23(35)33-25-31-15-6-16-32-25/h9-14,22,34H,4-8,15-17H2,1-3H3,(H2,31,32,33,35)/t22-/m0/s1. The van der Waals surface area contributed by atoms with E-state index in [-0.39, 0.29) is 12.3 Å². The number of rotatable bonds is 11. The Kier molecular flexibility index (Phi) is 11.0. The number of carbonyl (C=O) groups is 2. The molecule has 226 valence electrons. The lowest BCUT2D eigenvalue weighted by molar-refractivity contribution is -0.156. The smallest absolute Gasteiger partial charge is 0.416 e. The van der Waals surface area contributed by atoms with E-state index in [9.17, 15) is 31.2 Å². The van der Waals surface area contributed by atoms with Crippen LogP contribution in [0.4, 0.5) is 13.2 Å². The van der Waals surface area contributed by atoms with Gasteiger partial charge in [0.15, 0.2) is 5.96 Å².